The summed E-state index contributed by atoms with van der Waals surface area (Å²) < 4.78 is 15.4. The highest BCUT2D eigenvalue weighted by Gasteiger charge is 2.32. The molecule has 1 heterocycles. The van der Waals surface area contributed by atoms with Gasteiger partial charge in [0.2, 0.25) is 5.91 Å². The lowest BCUT2D eigenvalue weighted by atomic mass is 10.1. The van der Waals surface area contributed by atoms with Gasteiger partial charge in [0, 0.05) is 44.6 Å². The molecule has 1 aliphatic heterocycles. The number of azide groups is 1. The first-order valence-corrected chi connectivity index (χ1v) is 10.6. The van der Waals surface area contributed by atoms with Gasteiger partial charge in [0.05, 0.1) is 12.6 Å². The van der Waals surface area contributed by atoms with Gasteiger partial charge in [-0.15, -0.1) is 0 Å². The molecule has 1 aliphatic rings. The van der Waals surface area contributed by atoms with Gasteiger partial charge in [0.25, 0.3) is 0 Å². The fourth-order valence-corrected chi connectivity index (χ4v) is 3.21. The number of methoxy groups -OCH3 is 1. The van der Waals surface area contributed by atoms with Gasteiger partial charge < -0.3 is 19.1 Å². The molecular weight excluding hydrogens is 406 g/mol. The third kappa shape index (κ3) is 11.6. The van der Waals surface area contributed by atoms with Gasteiger partial charge in [0.1, 0.15) is 18.8 Å². The Kier molecular flexibility index (Phi) is 11.9. The topological polar surface area (TPSA) is 134 Å². The van der Waals surface area contributed by atoms with Crippen LogP contribution >= 0.6 is 0 Å². The third-order valence-electron chi connectivity index (χ3n) is 4.62. The quantitative estimate of drug-likeness (QED) is 0.148. The zero-order valence-electron chi connectivity index (χ0n) is 19.0. The van der Waals surface area contributed by atoms with E-state index in [1.54, 1.807) is 25.7 Å². The zero-order chi connectivity index (χ0) is 23.3. The molecule has 1 rings (SSSR count). The molecule has 0 N–H and O–H groups in total. The van der Waals surface area contributed by atoms with Crippen molar-refractivity contribution < 1.29 is 28.6 Å². The number of nitrogens with zero attached hydrogens (tertiary/aromatic N) is 5. The van der Waals surface area contributed by atoms with Gasteiger partial charge in [-0.05, 0) is 39.1 Å². The van der Waals surface area contributed by atoms with Gasteiger partial charge in [-0.2, -0.15) is 0 Å². The van der Waals surface area contributed by atoms with Crippen molar-refractivity contribution in [2.75, 3.05) is 53.0 Å². The fraction of sp³-hybridized carbons (Fsp3) is 0.850. The van der Waals surface area contributed by atoms with Gasteiger partial charge in [-0.3, -0.25) is 14.5 Å². The van der Waals surface area contributed by atoms with E-state index in [4.69, 9.17) is 19.7 Å². The number of hydrogen-bond donors (Lipinski definition) is 0. The van der Waals surface area contributed by atoms with E-state index in [0.717, 1.165) is 12.8 Å². The molecule has 176 valence electrons. The van der Waals surface area contributed by atoms with E-state index < -0.39 is 11.6 Å². The van der Waals surface area contributed by atoms with Crippen LogP contribution in [-0.4, -0.2) is 92.3 Å². The molecule has 0 radical (unpaired) electrons. The lowest BCUT2D eigenvalue weighted by molar-refractivity contribution is -0.159. The number of rotatable bonds is 12. The van der Waals surface area contributed by atoms with Crippen LogP contribution < -0.4 is 0 Å². The van der Waals surface area contributed by atoms with E-state index in [1.165, 1.54) is 7.11 Å². The van der Waals surface area contributed by atoms with Gasteiger partial charge in [-0.1, -0.05) is 11.5 Å². The molecule has 0 aromatic rings. The summed E-state index contributed by atoms with van der Waals surface area (Å²) in [5, 5.41) is 3.48. The highest BCUT2D eigenvalue weighted by atomic mass is 16.6. The monoisotopic (exact) mass is 441 g/mol. The summed E-state index contributed by atoms with van der Waals surface area (Å²) in [4.78, 5) is 42.9. The number of esters is 2. The van der Waals surface area contributed by atoms with E-state index in [2.05, 4.69) is 10.0 Å². The summed E-state index contributed by atoms with van der Waals surface area (Å²) in [5.41, 5.74) is 7.68. The van der Waals surface area contributed by atoms with Crippen LogP contribution in [0.3, 0.4) is 0 Å². The second-order valence-corrected chi connectivity index (χ2v) is 8.43. The van der Waals surface area contributed by atoms with Crippen LogP contribution in [0.1, 0.15) is 46.5 Å². The second-order valence-electron chi connectivity index (χ2n) is 8.43. The van der Waals surface area contributed by atoms with Crippen LogP contribution in [0.5, 0.6) is 0 Å². The van der Waals surface area contributed by atoms with E-state index >= 15 is 0 Å². The molecule has 1 saturated heterocycles. The second kappa shape index (κ2) is 13.8. The van der Waals surface area contributed by atoms with Crippen LogP contribution in [0.15, 0.2) is 5.11 Å². The first-order chi connectivity index (χ1) is 14.7. The molecular formula is C20H35N5O6. The number of piperazine rings is 1. The van der Waals surface area contributed by atoms with E-state index in [1.807, 2.05) is 4.90 Å². The molecule has 0 bridgehead atoms. The maximum atomic E-state index is 12.6. The average molecular weight is 442 g/mol. The highest BCUT2D eigenvalue weighted by Crippen LogP contribution is 2.15. The molecule has 1 unspecified atom stereocenters. The van der Waals surface area contributed by atoms with Crippen LogP contribution in [0.25, 0.3) is 10.4 Å². The van der Waals surface area contributed by atoms with Crippen LogP contribution in [0.2, 0.25) is 0 Å². The van der Waals surface area contributed by atoms with Crippen molar-refractivity contribution in [1.29, 1.82) is 0 Å². The normalized spacial score (nSPS) is 17.0. The first-order valence-electron chi connectivity index (χ1n) is 10.6. The molecule has 0 spiro atoms. The van der Waals surface area contributed by atoms with Crippen LogP contribution in [0, 0.1) is 0 Å². The number of carbonyl (C=O) groups excluding carboxylic acids is 3. The van der Waals surface area contributed by atoms with Crippen molar-refractivity contribution in [1.82, 2.24) is 9.80 Å². The Morgan fingerprint density at radius 2 is 1.87 bits per heavy atom. The molecule has 0 aliphatic carbocycles. The summed E-state index contributed by atoms with van der Waals surface area (Å²) in [6, 6.07) is -0.309. The minimum Gasteiger partial charge on any atom is -0.462 e. The number of hydrogen-bond acceptors (Lipinski definition) is 8. The maximum absolute atomic E-state index is 12.6. The number of unbranched alkanes of at least 4 members (excludes halogenated alkanes) is 2. The SMILES string of the molecule is COCC(=O)OCC1CN(C(=O)CCCCCN=[N+]=[N-])CCN1CC(=O)OC(C)(C)C. The Balaban J connectivity index is 2.63. The van der Waals surface area contributed by atoms with Crippen molar-refractivity contribution in [3.63, 3.8) is 0 Å². The Labute approximate surface area is 183 Å². The smallest absolute Gasteiger partial charge is 0.332 e. The van der Waals surface area contributed by atoms with Crippen molar-refractivity contribution in [2.45, 2.75) is 58.1 Å². The third-order valence-corrected chi connectivity index (χ3v) is 4.62. The van der Waals surface area contributed by atoms with E-state index in [-0.39, 0.29) is 37.7 Å². The number of ether oxygens (including phenoxy) is 3. The Hall–Kier alpha value is -2.36. The van der Waals surface area contributed by atoms with Gasteiger partial charge in [-0.25, -0.2) is 4.79 Å². The lowest BCUT2D eigenvalue weighted by Gasteiger charge is -2.41. The average Bonchev–Trinajstić information content (AvgIpc) is 2.68. The summed E-state index contributed by atoms with van der Waals surface area (Å²) in [5.74, 6) is -0.836. The highest BCUT2D eigenvalue weighted by molar-refractivity contribution is 5.76. The minimum absolute atomic E-state index is 0.0221. The molecule has 11 nitrogen and oxygen atoms in total. The molecule has 1 amide bonds. The minimum atomic E-state index is -0.589. The fourth-order valence-electron chi connectivity index (χ4n) is 3.21. The van der Waals surface area contributed by atoms with E-state index in [9.17, 15) is 14.4 Å². The predicted octanol–water partition coefficient (Wildman–Crippen LogP) is 1.90. The van der Waals surface area contributed by atoms with E-state index in [0.29, 0.717) is 39.0 Å². The Morgan fingerprint density at radius 1 is 1.13 bits per heavy atom. The summed E-state index contributed by atoms with van der Waals surface area (Å²) in [6.07, 6.45) is 2.67. The van der Waals surface area contributed by atoms with Crippen LogP contribution in [0.4, 0.5) is 0 Å². The largest absolute Gasteiger partial charge is 0.462 e. The van der Waals surface area contributed by atoms with Crippen molar-refractivity contribution in [3.05, 3.63) is 10.4 Å². The lowest BCUT2D eigenvalue weighted by Crippen LogP contribution is -2.57. The molecule has 1 fully saturated rings. The molecule has 1 atom stereocenters. The molecule has 0 aromatic heterocycles. The Bertz CT molecular complexity index is 644. The molecule has 0 aromatic carbocycles. The Morgan fingerprint density at radius 3 is 2.52 bits per heavy atom. The first kappa shape index (κ1) is 26.7. The number of carbonyl (C=O) groups is 3. The molecule has 11 heteroatoms. The van der Waals surface area contributed by atoms with Crippen molar-refractivity contribution in [3.8, 4) is 0 Å². The van der Waals surface area contributed by atoms with Crippen LogP contribution in [-0.2, 0) is 28.6 Å². The standard InChI is InChI=1S/C20H35N5O6/c1-20(2,3)31-18(27)13-24-10-11-25(12-16(24)14-30-19(28)15-29-4)17(26)8-6-5-7-9-22-23-21/h16H,5-15H2,1-4H3. The molecule has 31 heavy (non-hydrogen) atoms. The number of amides is 1. The molecule has 0 saturated carbocycles. The zero-order valence-corrected chi connectivity index (χ0v) is 19.0. The summed E-state index contributed by atoms with van der Waals surface area (Å²) in [7, 11) is 1.41. The van der Waals surface area contributed by atoms with Gasteiger partial charge >= 0.3 is 11.9 Å². The van der Waals surface area contributed by atoms with Crippen molar-refractivity contribution in [2.24, 2.45) is 5.11 Å². The predicted molar refractivity (Wildman–Crippen MR) is 113 cm³/mol. The summed E-state index contributed by atoms with van der Waals surface area (Å²) in [6.45, 7) is 7.14. The van der Waals surface area contributed by atoms with Gasteiger partial charge in [0.15, 0.2) is 0 Å². The summed E-state index contributed by atoms with van der Waals surface area (Å²) >= 11 is 0. The van der Waals surface area contributed by atoms with Crippen molar-refractivity contribution >= 4 is 17.8 Å². The maximum Gasteiger partial charge on any atom is 0.332 e.